The number of benzene rings is 1. The minimum absolute atomic E-state index is 0.00156. The van der Waals surface area contributed by atoms with Crippen LogP contribution in [0, 0.1) is 5.92 Å². The summed E-state index contributed by atoms with van der Waals surface area (Å²) in [6.45, 7) is 4.48. The number of nitrogens with one attached hydrogen (secondary N) is 2. The van der Waals surface area contributed by atoms with Gasteiger partial charge in [0.05, 0.1) is 5.39 Å². The van der Waals surface area contributed by atoms with E-state index in [-0.39, 0.29) is 5.91 Å². The van der Waals surface area contributed by atoms with Crippen molar-refractivity contribution in [3.63, 3.8) is 0 Å². The van der Waals surface area contributed by atoms with Crippen LogP contribution >= 0.6 is 0 Å². The minimum Gasteiger partial charge on any atom is -0.381 e. The van der Waals surface area contributed by atoms with Crippen molar-refractivity contribution in [1.29, 1.82) is 0 Å². The number of anilines is 2. The molecule has 1 aliphatic rings. The Morgan fingerprint density at radius 3 is 2.90 bits per heavy atom. The molecule has 1 aromatic carbocycles. The van der Waals surface area contributed by atoms with E-state index in [9.17, 15) is 4.79 Å². The van der Waals surface area contributed by atoms with E-state index in [2.05, 4.69) is 38.3 Å². The zero-order chi connectivity index (χ0) is 20.2. The van der Waals surface area contributed by atoms with Crippen molar-refractivity contribution in [3.05, 3.63) is 36.7 Å². The van der Waals surface area contributed by atoms with Crippen LogP contribution in [0.3, 0.4) is 0 Å². The Bertz CT molecular complexity index is 994. The molecule has 7 nitrogen and oxygen atoms in total. The average Bonchev–Trinajstić information content (AvgIpc) is 3.19. The molecule has 4 rings (SSSR count). The molecule has 0 radical (unpaired) electrons. The highest BCUT2D eigenvalue weighted by atomic mass is 16.5. The van der Waals surface area contributed by atoms with E-state index in [4.69, 9.17) is 4.74 Å². The normalized spacial score (nSPS) is 14.8. The first-order valence-electron chi connectivity index (χ1n) is 10.2. The number of carbonyl (C=O) groups is 1. The Morgan fingerprint density at radius 2 is 2.10 bits per heavy atom. The second-order valence-corrected chi connectivity index (χ2v) is 7.56. The van der Waals surface area contributed by atoms with E-state index < -0.39 is 0 Å². The van der Waals surface area contributed by atoms with Gasteiger partial charge in [0.1, 0.15) is 17.8 Å². The molecule has 1 saturated heterocycles. The van der Waals surface area contributed by atoms with Gasteiger partial charge in [-0.15, -0.1) is 0 Å². The van der Waals surface area contributed by atoms with Gasteiger partial charge in [-0.05, 0) is 37.0 Å². The number of hydrogen-bond acceptors (Lipinski definition) is 5. The summed E-state index contributed by atoms with van der Waals surface area (Å²) in [5.41, 5.74) is 3.55. The van der Waals surface area contributed by atoms with Gasteiger partial charge in [0, 0.05) is 50.2 Å². The molecule has 0 saturated carbocycles. The number of rotatable bonds is 6. The summed E-state index contributed by atoms with van der Waals surface area (Å²) in [4.78, 5) is 26.3. The smallest absolute Gasteiger partial charge is 0.224 e. The molecule has 3 aromatic rings. The molecule has 0 spiro atoms. The highest BCUT2D eigenvalue weighted by Gasteiger charge is 2.19. The van der Waals surface area contributed by atoms with Crippen molar-refractivity contribution in [2.24, 2.45) is 5.92 Å². The fourth-order valence-corrected chi connectivity index (χ4v) is 3.80. The number of ether oxygens (including phenoxy) is 1. The molecule has 0 unspecified atom stereocenters. The van der Waals surface area contributed by atoms with Gasteiger partial charge in [0.15, 0.2) is 0 Å². The van der Waals surface area contributed by atoms with Gasteiger partial charge < -0.3 is 19.9 Å². The summed E-state index contributed by atoms with van der Waals surface area (Å²) in [7, 11) is 2.09. The maximum absolute atomic E-state index is 11.7. The third kappa shape index (κ3) is 4.40. The lowest BCUT2D eigenvalue weighted by Gasteiger charge is -2.27. The summed E-state index contributed by atoms with van der Waals surface area (Å²) in [5.74, 6) is 1.55. The first-order valence-corrected chi connectivity index (χ1v) is 10.2. The number of nitrogens with zero attached hydrogens (tertiary/aromatic N) is 3. The van der Waals surface area contributed by atoms with E-state index in [0.717, 1.165) is 66.4 Å². The summed E-state index contributed by atoms with van der Waals surface area (Å²) in [6, 6.07) is 9.91. The van der Waals surface area contributed by atoms with Crippen LogP contribution in [0.2, 0.25) is 0 Å². The lowest BCUT2D eigenvalue weighted by Crippen LogP contribution is -2.30. The van der Waals surface area contributed by atoms with E-state index >= 15 is 0 Å². The zero-order valence-electron chi connectivity index (χ0n) is 16.9. The Hall–Kier alpha value is -2.93. The molecule has 29 heavy (non-hydrogen) atoms. The van der Waals surface area contributed by atoms with Crippen LogP contribution in [0.5, 0.6) is 0 Å². The van der Waals surface area contributed by atoms with E-state index in [1.54, 1.807) is 6.33 Å². The number of H-pyrrole nitrogens is 1. The van der Waals surface area contributed by atoms with Gasteiger partial charge in [-0.25, -0.2) is 9.97 Å². The second kappa shape index (κ2) is 8.61. The van der Waals surface area contributed by atoms with Gasteiger partial charge in [0.25, 0.3) is 0 Å². The van der Waals surface area contributed by atoms with Gasteiger partial charge in [-0.1, -0.05) is 19.1 Å². The van der Waals surface area contributed by atoms with Crippen LogP contribution in [-0.4, -0.2) is 47.7 Å². The number of carbonyl (C=O) groups excluding carboxylic acids is 1. The molecule has 0 atom stereocenters. The fourth-order valence-electron chi connectivity index (χ4n) is 3.80. The summed E-state index contributed by atoms with van der Waals surface area (Å²) in [5, 5.41) is 3.91. The van der Waals surface area contributed by atoms with Gasteiger partial charge in [0.2, 0.25) is 5.91 Å². The topological polar surface area (TPSA) is 83.1 Å². The highest BCUT2D eigenvalue weighted by Crippen LogP contribution is 2.30. The average molecular weight is 393 g/mol. The molecule has 2 N–H and O–H groups in total. The van der Waals surface area contributed by atoms with Crippen LogP contribution in [0.4, 0.5) is 11.5 Å². The maximum atomic E-state index is 11.7. The Labute approximate surface area is 170 Å². The molecule has 1 aliphatic heterocycles. The molecule has 3 heterocycles. The number of aromatic nitrogens is 3. The Balaban J connectivity index is 1.60. The number of fused-ring (bicyclic) bond motifs is 1. The minimum atomic E-state index is 0.00156. The zero-order valence-corrected chi connectivity index (χ0v) is 16.9. The van der Waals surface area contributed by atoms with Gasteiger partial charge in [-0.2, -0.15) is 0 Å². The van der Waals surface area contributed by atoms with Crippen molar-refractivity contribution >= 4 is 28.4 Å². The Kier molecular flexibility index (Phi) is 5.76. The molecule has 1 amide bonds. The third-order valence-corrected chi connectivity index (χ3v) is 5.42. The maximum Gasteiger partial charge on any atom is 0.224 e. The number of hydrogen-bond donors (Lipinski definition) is 2. The van der Waals surface area contributed by atoms with E-state index in [1.807, 2.05) is 31.2 Å². The lowest BCUT2D eigenvalue weighted by atomic mass is 10.00. The third-order valence-electron chi connectivity index (χ3n) is 5.42. The first kappa shape index (κ1) is 19.4. The van der Waals surface area contributed by atoms with E-state index in [0.29, 0.717) is 12.3 Å². The molecule has 0 bridgehead atoms. The molecule has 0 aliphatic carbocycles. The molecule has 1 fully saturated rings. The van der Waals surface area contributed by atoms with Crippen LogP contribution in [-0.2, 0) is 9.53 Å². The summed E-state index contributed by atoms with van der Waals surface area (Å²) in [6.07, 6.45) is 4.24. The SMILES string of the molecule is CCC(=O)Nc1cccc(-c2cc3c(N(C)CC4CCOCC4)ncnc3[nH]2)c1. The largest absolute Gasteiger partial charge is 0.381 e. The predicted octanol–water partition coefficient (Wildman–Crippen LogP) is 3.84. The quantitative estimate of drug-likeness (QED) is 0.665. The molecule has 152 valence electrons. The molecular formula is C22H27N5O2. The van der Waals surface area contributed by atoms with Crippen molar-refractivity contribution < 1.29 is 9.53 Å². The summed E-state index contributed by atoms with van der Waals surface area (Å²) >= 11 is 0. The predicted molar refractivity (Wildman–Crippen MR) is 115 cm³/mol. The van der Waals surface area contributed by atoms with Crippen molar-refractivity contribution in [3.8, 4) is 11.3 Å². The summed E-state index contributed by atoms with van der Waals surface area (Å²) < 4.78 is 5.47. The number of amides is 1. The monoisotopic (exact) mass is 393 g/mol. The Morgan fingerprint density at radius 1 is 1.28 bits per heavy atom. The highest BCUT2D eigenvalue weighted by molar-refractivity contribution is 5.93. The molecule has 7 heteroatoms. The van der Waals surface area contributed by atoms with Crippen molar-refractivity contribution in [1.82, 2.24) is 15.0 Å². The molecular weight excluding hydrogens is 366 g/mol. The van der Waals surface area contributed by atoms with Crippen LogP contribution < -0.4 is 10.2 Å². The van der Waals surface area contributed by atoms with Gasteiger partial charge in [-0.3, -0.25) is 4.79 Å². The molecule has 2 aromatic heterocycles. The number of aromatic amines is 1. The second-order valence-electron chi connectivity index (χ2n) is 7.56. The fraction of sp³-hybridized carbons (Fsp3) is 0.409. The van der Waals surface area contributed by atoms with Crippen molar-refractivity contribution in [2.45, 2.75) is 26.2 Å². The van der Waals surface area contributed by atoms with Crippen molar-refractivity contribution in [2.75, 3.05) is 37.0 Å². The first-order chi connectivity index (χ1) is 14.1. The van der Waals surface area contributed by atoms with Gasteiger partial charge >= 0.3 is 0 Å². The standard InChI is InChI=1S/C22H27N5O2/c1-3-20(28)25-17-6-4-5-16(11-17)19-12-18-21(26-19)23-14-24-22(18)27(2)13-15-7-9-29-10-8-15/h4-6,11-12,14-15H,3,7-10,13H2,1-2H3,(H,25,28)(H,23,24,26). The van der Waals surface area contributed by atoms with E-state index in [1.165, 1.54) is 0 Å². The van der Waals surface area contributed by atoms with Crippen LogP contribution in [0.25, 0.3) is 22.3 Å². The van der Waals surface area contributed by atoms with Crippen LogP contribution in [0.1, 0.15) is 26.2 Å². The lowest BCUT2D eigenvalue weighted by molar-refractivity contribution is -0.115. The van der Waals surface area contributed by atoms with Crippen LogP contribution in [0.15, 0.2) is 36.7 Å².